The number of pyridine rings is 1. The van der Waals surface area contributed by atoms with Crippen LogP contribution in [0.15, 0.2) is 162 Å². The molecule has 39 heavy (non-hydrogen) atoms. The highest BCUT2D eigenvalue weighted by molar-refractivity contribution is 7.91. The minimum atomic E-state index is -3.65. The van der Waals surface area contributed by atoms with E-state index in [9.17, 15) is 8.42 Å². The first-order chi connectivity index (χ1) is 19.1. The predicted molar refractivity (Wildman–Crippen MR) is 158 cm³/mol. The lowest BCUT2D eigenvalue weighted by Gasteiger charge is -2.09. The Morgan fingerprint density at radius 3 is 1.21 bits per heavy atom. The highest BCUT2D eigenvalue weighted by atomic mass is 32.2. The summed E-state index contributed by atoms with van der Waals surface area (Å²) in [4.78, 5) is 4.92. The van der Waals surface area contributed by atoms with Gasteiger partial charge in [-0.3, -0.25) is 4.98 Å². The largest absolute Gasteiger partial charge is 0.263 e. The number of hydrogen-bond donors (Lipinski definition) is 0. The molecular formula is C35H25NO2S. The third-order valence-electron chi connectivity index (χ3n) is 6.81. The molecule has 5 aromatic carbocycles. The third kappa shape index (κ3) is 5.15. The van der Waals surface area contributed by atoms with Gasteiger partial charge in [0.15, 0.2) is 0 Å². The minimum Gasteiger partial charge on any atom is -0.263 e. The first-order valence-electron chi connectivity index (χ1n) is 12.7. The molecule has 0 fully saturated rings. The van der Waals surface area contributed by atoms with Gasteiger partial charge in [0.1, 0.15) is 0 Å². The Morgan fingerprint density at radius 2 is 0.718 bits per heavy atom. The lowest BCUT2D eigenvalue weighted by atomic mass is 9.99. The molecule has 3 nitrogen and oxygen atoms in total. The smallest absolute Gasteiger partial charge is 0.206 e. The second kappa shape index (κ2) is 10.5. The monoisotopic (exact) mass is 523 g/mol. The van der Waals surface area contributed by atoms with Crippen molar-refractivity contribution < 1.29 is 8.42 Å². The first kappa shape index (κ1) is 24.5. The molecule has 0 radical (unpaired) electrons. The Bertz CT molecular complexity index is 1700. The van der Waals surface area contributed by atoms with Crippen LogP contribution in [0.1, 0.15) is 0 Å². The van der Waals surface area contributed by atoms with Gasteiger partial charge in [-0.25, -0.2) is 8.42 Å². The van der Waals surface area contributed by atoms with E-state index in [2.05, 4.69) is 35.3 Å². The zero-order valence-corrected chi connectivity index (χ0v) is 21.9. The van der Waals surface area contributed by atoms with Crippen molar-refractivity contribution >= 4 is 9.84 Å². The van der Waals surface area contributed by atoms with Crippen molar-refractivity contribution in [2.45, 2.75) is 9.79 Å². The van der Waals surface area contributed by atoms with Crippen molar-refractivity contribution in [1.82, 2.24) is 4.98 Å². The van der Waals surface area contributed by atoms with Gasteiger partial charge in [-0.2, -0.15) is 0 Å². The predicted octanol–water partition coefficient (Wildman–Crippen LogP) is 8.58. The van der Waals surface area contributed by atoms with Gasteiger partial charge < -0.3 is 0 Å². The molecule has 188 valence electrons. The van der Waals surface area contributed by atoms with Crippen LogP contribution in [0.2, 0.25) is 0 Å². The van der Waals surface area contributed by atoms with Crippen molar-refractivity contribution in [3.8, 4) is 44.5 Å². The third-order valence-corrected chi connectivity index (χ3v) is 8.60. The number of sulfone groups is 1. The van der Waals surface area contributed by atoms with E-state index in [-0.39, 0.29) is 9.79 Å². The molecule has 0 aliphatic carbocycles. The van der Waals surface area contributed by atoms with Gasteiger partial charge >= 0.3 is 0 Å². The minimum absolute atomic E-state index is 0.261. The molecule has 6 rings (SSSR count). The Hall–Kier alpha value is -4.80. The molecule has 4 heteroatoms. The van der Waals surface area contributed by atoms with Crippen LogP contribution in [-0.4, -0.2) is 13.4 Å². The molecule has 0 bridgehead atoms. The Labute approximate surface area is 229 Å². The fraction of sp³-hybridized carbons (Fsp3) is 0. The van der Waals surface area contributed by atoms with E-state index in [1.807, 2.05) is 91.1 Å². The van der Waals surface area contributed by atoms with Gasteiger partial charge in [-0.1, -0.05) is 103 Å². The lowest BCUT2D eigenvalue weighted by Crippen LogP contribution is -2.01. The van der Waals surface area contributed by atoms with Crippen molar-refractivity contribution in [3.05, 3.63) is 152 Å². The molecule has 0 aliphatic heterocycles. The van der Waals surface area contributed by atoms with E-state index in [1.165, 1.54) is 0 Å². The van der Waals surface area contributed by atoms with Crippen LogP contribution in [0.25, 0.3) is 44.5 Å². The summed E-state index contributed by atoms with van der Waals surface area (Å²) in [6.45, 7) is 0. The highest BCUT2D eigenvalue weighted by Crippen LogP contribution is 2.30. The lowest BCUT2D eigenvalue weighted by molar-refractivity contribution is 0.596. The van der Waals surface area contributed by atoms with Crippen molar-refractivity contribution in [1.29, 1.82) is 0 Å². The Kier molecular flexibility index (Phi) is 6.62. The van der Waals surface area contributed by atoms with Crippen LogP contribution < -0.4 is 0 Å². The van der Waals surface area contributed by atoms with Gasteiger partial charge in [-0.15, -0.1) is 0 Å². The van der Waals surface area contributed by atoms with Gasteiger partial charge in [0.05, 0.1) is 9.79 Å². The van der Waals surface area contributed by atoms with Crippen LogP contribution >= 0.6 is 0 Å². The average molecular weight is 524 g/mol. The van der Waals surface area contributed by atoms with E-state index >= 15 is 0 Å². The van der Waals surface area contributed by atoms with E-state index in [1.54, 1.807) is 30.5 Å². The summed E-state index contributed by atoms with van der Waals surface area (Å²) >= 11 is 0. The summed E-state index contributed by atoms with van der Waals surface area (Å²) in [5.74, 6) is 0. The second-order valence-corrected chi connectivity index (χ2v) is 11.3. The molecule has 1 heterocycles. The fourth-order valence-electron chi connectivity index (χ4n) is 4.68. The topological polar surface area (TPSA) is 47.0 Å². The van der Waals surface area contributed by atoms with Crippen LogP contribution in [0.3, 0.4) is 0 Å². The maximum absolute atomic E-state index is 13.4. The van der Waals surface area contributed by atoms with Gasteiger partial charge in [-0.05, 0) is 69.8 Å². The van der Waals surface area contributed by atoms with Crippen molar-refractivity contribution in [2.24, 2.45) is 0 Å². The van der Waals surface area contributed by atoms with E-state index in [4.69, 9.17) is 0 Å². The zero-order valence-electron chi connectivity index (χ0n) is 21.1. The number of nitrogens with zero attached hydrogens (tertiary/aromatic N) is 1. The highest BCUT2D eigenvalue weighted by Gasteiger charge is 2.18. The molecule has 0 unspecified atom stereocenters. The fourth-order valence-corrected chi connectivity index (χ4v) is 5.95. The standard InChI is InChI=1S/C35H25NO2S/c37-39(38,34-18-14-28(15-19-34)31-13-7-12-30(22-31)26-8-3-1-4-9-26)35-20-16-29(17-21-35)33-23-32(24-36-25-33)27-10-5-2-6-11-27/h1-25H. The van der Waals surface area contributed by atoms with Gasteiger partial charge in [0.25, 0.3) is 0 Å². The van der Waals surface area contributed by atoms with E-state index < -0.39 is 9.84 Å². The molecule has 0 atom stereocenters. The molecule has 0 amide bonds. The number of rotatable bonds is 6. The summed E-state index contributed by atoms with van der Waals surface area (Å²) in [7, 11) is -3.65. The SMILES string of the molecule is O=S(=O)(c1ccc(-c2cccc(-c3ccccc3)c2)cc1)c1ccc(-c2cncc(-c3ccccc3)c2)cc1. The van der Waals surface area contributed by atoms with Gasteiger partial charge in [0.2, 0.25) is 9.84 Å². The second-order valence-electron chi connectivity index (χ2n) is 9.33. The molecule has 0 aliphatic rings. The molecule has 1 aromatic heterocycles. The van der Waals surface area contributed by atoms with E-state index in [0.717, 1.165) is 44.5 Å². The summed E-state index contributed by atoms with van der Waals surface area (Å²) in [6, 6.07) is 44.7. The normalized spacial score (nSPS) is 11.3. The summed E-state index contributed by atoms with van der Waals surface area (Å²) in [6.07, 6.45) is 3.63. The van der Waals surface area contributed by atoms with Crippen molar-refractivity contribution in [2.75, 3.05) is 0 Å². The van der Waals surface area contributed by atoms with Crippen LogP contribution in [-0.2, 0) is 9.84 Å². The molecule has 0 saturated heterocycles. The Balaban J connectivity index is 1.24. The zero-order chi connectivity index (χ0) is 26.7. The molecule has 0 N–H and O–H groups in total. The summed E-state index contributed by atoms with van der Waals surface area (Å²) in [5.41, 5.74) is 8.21. The summed E-state index contributed by atoms with van der Waals surface area (Å²) in [5, 5.41) is 0. The molecule has 6 aromatic rings. The molecule has 0 spiro atoms. The van der Waals surface area contributed by atoms with Crippen molar-refractivity contribution in [3.63, 3.8) is 0 Å². The number of aromatic nitrogens is 1. The maximum atomic E-state index is 13.4. The van der Waals surface area contributed by atoms with Crippen LogP contribution in [0.5, 0.6) is 0 Å². The van der Waals surface area contributed by atoms with Gasteiger partial charge in [0, 0.05) is 23.5 Å². The summed E-state index contributed by atoms with van der Waals surface area (Å²) < 4.78 is 26.8. The van der Waals surface area contributed by atoms with Crippen LogP contribution in [0, 0.1) is 0 Å². The van der Waals surface area contributed by atoms with Crippen LogP contribution in [0.4, 0.5) is 0 Å². The quantitative estimate of drug-likeness (QED) is 0.220. The maximum Gasteiger partial charge on any atom is 0.206 e. The Morgan fingerprint density at radius 1 is 0.359 bits per heavy atom. The number of benzene rings is 5. The van der Waals surface area contributed by atoms with E-state index in [0.29, 0.717) is 0 Å². The average Bonchev–Trinajstić information content (AvgIpc) is 3.02. The molecular weight excluding hydrogens is 498 g/mol. The molecule has 0 saturated carbocycles. The first-order valence-corrected chi connectivity index (χ1v) is 14.2. The number of hydrogen-bond acceptors (Lipinski definition) is 3.